The third-order valence-electron chi connectivity index (χ3n) is 6.07. The van der Waals surface area contributed by atoms with Gasteiger partial charge in [0.2, 0.25) is 11.8 Å². The van der Waals surface area contributed by atoms with Crippen LogP contribution < -0.4 is 9.62 Å². The molecule has 2 amide bonds. The highest BCUT2D eigenvalue weighted by atomic mass is 35.5. The van der Waals surface area contributed by atoms with Gasteiger partial charge in [0.25, 0.3) is 10.0 Å². The van der Waals surface area contributed by atoms with Crippen molar-refractivity contribution in [2.24, 2.45) is 0 Å². The minimum Gasteiger partial charge on any atom is -0.354 e. The van der Waals surface area contributed by atoms with Gasteiger partial charge in [-0.2, -0.15) is 0 Å². The molecule has 0 aliphatic rings. The van der Waals surface area contributed by atoms with Gasteiger partial charge in [0.15, 0.2) is 0 Å². The smallest absolute Gasteiger partial charge is 0.264 e. The molecule has 1 N–H and O–H groups in total. The average Bonchev–Trinajstić information content (AvgIpc) is 2.91. The topological polar surface area (TPSA) is 86.8 Å². The van der Waals surface area contributed by atoms with Gasteiger partial charge in [0.05, 0.1) is 10.6 Å². The summed E-state index contributed by atoms with van der Waals surface area (Å²) in [5, 5.41) is 3.08. The summed E-state index contributed by atoms with van der Waals surface area (Å²) in [5.41, 5.74) is 1.12. The number of rotatable bonds is 11. The molecule has 0 saturated carbocycles. The Morgan fingerprint density at radius 1 is 1.03 bits per heavy atom. The Bertz CT molecular complexity index is 1390. The van der Waals surface area contributed by atoms with Crippen molar-refractivity contribution in [1.82, 2.24) is 10.2 Å². The van der Waals surface area contributed by atoms with Crippen molar-refractivity contribution >= 4 is 39.1 Å². The SMILES string of the molecule is CCCNC(=O)C(C)N(Cc1ccccc1F)C(=O)CN(c1ccc(C)c(Cl)c1)S(=O)(=O)c1ccccc1. The Morgan fingerprint density at radius 2 is 1.68 bits per heavy atom. The molecule has 38 heavy (non-hydrogen) atoms. The lowest BCUT2D eigenvalue weighted by molar-refractivity contribution is -0.139. The molecule has 3 aromatic rings. The summed E-state index contributed by atoms with van der Waals surface area (Å²) in [6.45, 7) is 4.76. The van der Waals surface area contributed by atoms with Gasteiger partial charge < -0.3 is 10.2 Å². The fraction of sp³-hybridized carbons (Fsp3) is 0.286. The van der Waals surface area contributed by atoms with Crippen LogP contribution in [0.5, 0.6) is 0 Å². The summed E-state index contributed by atoms with van der Waals surface area (Å²) in [6.07, 6.45) is 0.691. The van der Waals surface area contributed by atoms with E-state index in [-0.39, 0.29) is 22.7 Å². The van der Waals surface area contributed by atoms with Crippen molar-refractivity contribution in [2.45, 2.75) is 44.7 Å². The minimum atomic E-state index is -4.20. The third-order valence-corrected chi connectivity index (χ3v) is 8.26. The van der Waals surface area contributed by atoms with E-state index < -0.39 is 40.2 Å². The lowest BCUT2D eigenvalue weighted by Crippen LogP contribution is -2.51. The van der Waals surface area contributed by atoms with E-state index in [0.29, 0.717) is 18.0 Å². The number of hydrogen-bond donors (Lipinski definition) is 1. The molecule has 0 radical (unpaired) electrons. The van der Waals surface area contributed by atoms with E-state index in [1.807, 2.05) is 6.92 Å². The van der Waals surface area contributed by atoms with Crippen LogP contribution in [0.1, 0.15) is 31.4 Å². The Balaban J connectivity index is 2.04. The number of hydrogen-bond acceptors (Lipinski definition) is 4. The van der Waals surface area contributed by atoms with Gasteiger partial charge in [0.1, 0.15) is 18.4 Å². The fourth-order valence-electron chi connectivity index (χ4n) is 3.77. The van der Waals surface area contributed by atoms with Crippen LogP contribution in [0.3, 0.4) is 0 Å². The number of nitrogens with zero attached hydrogens (tertiary/aromatic N) is 2. The summed E-state index contributed by atoms with van der Waals surface area (Å²) in [5.74, 6) is -1.64. The average molecular weight is 560 g/mol. The van der Waals surface area contributed by atoms with E-state index in [9.17, 15) is 22.4 Å². The number of nitrogens with one attached hydrogen (secondary N) is 1. The van der Waals surface area contributed by atoms with Crippen molar-refractivity contribution < 1.29 is 22.4 Å². The van der Waals surface area contributed by atoms with E-state index in [0.717, 1.165) is 9.87 Å². The van der Waals surface area contributed by atoms with Crippen LogP contribution in [0.25, 0.3) is 0 Å². The zero-order valence-corrected chi connectivity index (χ0v) is 23.1. The molecule has 7 nitrogen and oxygen atoms in total. The van der Waals surface area contributed by atoms with Crippen molar-refractivity contribution in [2.75, 3.05) is 17.4 Å². The predicted octanol–water partition coefficient (Wildman–Crippen LogP) is 4.93. The van der Waals surface area contributed by atoms with Crippen molar-refractivity contribution in [3.05, 3.63) is 94.8 Å². The Hall–Kier alpha value is -3.43. The molecule has 1 unspecified atom stereocenters. The van der Waals surface area contributed by atoms with Crippen molar-refractivity contribution in [3.8, 4) is 0 Å². The van der Waals surface area contributed by atoms with Crippen LogP contribution >= 0.6 is 11.6 Å². The van der Waals surface area contributed by atoms with Crippen LogP contribution in [-0.4, -0.2) is 44.3 Å². The van der Waals surface area contributed by atoms with Gasteiger partial charge in [-0.25, -0.2) is 12.8 Å². The molecule has 0 bridgehead atoms. The first-order valence-corrected chi connectivity index (χ1v) is 14.0. The number of sulfonamides is 1. The number of halogens is 2. The predicted molar refractivity (Wildman–Crippen MR) is 147 cm³/mol. The number of anilines is 1. The minimum absolute atomic E-state index is 0.0149. The first-order valence-electron chi connectivity index (χ1n) is 12.2. The largest absolute Gasteiger partial charge is 0.354 e. The number of benzene rings is 3. The summed E-state index contributed by atoms with van der Waals surface area (Å²) >= 11 is 6.31. The molecule has 1 atom stereocenters. The first kappa shape index (κ1) is 29.1. The van der Waals surface area contributed by atoms with E-state index in [1.54, 1.807) is 43.3 Å². The molecule has 0 aromatic heterocycles. The quantitative estimate of drug-likeness (QED) is 0.361. The molecular weight excluding hydrogens is 529 g/mol. The highest BCUT2D eigenvalue weighted by Gasteiger charge is 2.33. The van der Waals surface area contributed by atoms with Crippen molar-refractivity contribution in [3.63, 3.8) is 0 Å². The normalized spacial score (nSPS) is 12.0. The van der Waals surface area contributed by atoms with Gasteiger partial charge in [-0.05, 0) is 56.2 Å². The summed E-state index contributed by atoms with van der Waals surface area (Å²) in [7, 11) is -4.20. The molecule has 0 fully saturated rings. The molecule has 10 heteroatoms. The second-order valence-electron chi connectivity index (χ2n) is 8.84. The number of carbonyl (C=O) groups is 2. The molecular formula is C28H31ClFN3O4S. The molecule has 3 rings (SSSR count). The Kier molecular flexibility index (Phi) is 9.88. The van der Waals surface area contributed by atoms with Gasteiger partial charge in [-0.15, -0.1) is 0 Å². The van der Waals surface area contributed by atoms with Gasteiger partial charge in [0, 0.05) is 23.7 Å². The van der Waals surface area contributed by atoms with Gasteiger partial charge in [-0.1, -0.05) is 61.0 Å². The number of carbonyl (C=O) groups excluding carboxylic acids is 2. The molecule has 202 valence electrons. The monoisotopic (exact) mass is 559 g/mol. The zero-order valence-electron chi connectivity index (χ0n) is 21.5. The maximum Gasteiger partial charge on any atom is 0.264 e. The molecule has 0 spiro atoms. The van der Waals surface area contributed by atoms with Crippen LogP contribution in [0.15, 0.2) is 77.7 Å². The third kappa shape index (κ3) is 6.90. The number of amides is 2. The zero-order chi connectivity index (χ0) is 27.9. The van der Waals surface area contributed by atoms with Gasteiger partial charge >= 0.3 is 0 Å². The van der Waals surface area contributed by atoms with Crippen molar-refractivity contribution in [1.29, 1.82) is 0 Å². The summed E-state index contributed by atoms with van der Waals surface area (Å²) < 4.78 is 42.9. The lowest BCUT2D eigenvalue weighted by atomic mass is 10.1. The van der Waals surface area contributed by atoms with Crippen LogP contribution in [0.4, 0.5) is 10.1 Å². The molecule has 0 aliphatic heterocycles. The summed E-state index contributed by atoms with van der Waals surface area (Å²) in [6, 6.07) is 17.4. The van der Waals surface area contributed by atoms with E-state index in [2.05, 4.69) is 5.32 Å². The van der Waals surface area contributed by atoms with E-state index in [1.165, 1.54) is 48.2 Å². The first-order chi connectivity index (χ1) is 18.1. The number of aryl methyl sites for hydroxylation is 1. The maximum absolute atomic E-state index is 14.5. The lowest BCUT2D eigenvalue weighted by Gasteiger charge is -2.32. The van der Waals surface area contributed by atoms with E-state index >= 15 is 0 Å². The van der Waals surface area contributed by atoms with Crippen LogP contribution in [-0.2, 0) is 26.2 Å². The van der Waals surface area contributed by atoms with Gasteiger partial charge in [-0.3, -0.25) is 13.9 Å². The highest BCUT2D eigenvalue weighted by Crippen LogP contribution is 2.28. The maximum atomic E-state index is 14.5. The molecule has 3 aromatic carbocycles. The highest BCUT2D eigenvalue weighted by molar-refractivity contribution is 7.92. The summed E-state index contributed by atoms with van der Waals surface area (Å²) in [4.78, 5) is 27.8. The molecule has 0 aliphatic carbocycles. The molecule has 0 saturated heterocycles. The van der Waals surface area contributed by atoms with E-state index in [4.69, 9.17) is 11.6 Å². The second kappa shape index (κ2) is 12.9. The second-order valence-corrected chi connectivity index (χ2v) is 11.1. The fourth-order valence-corrected chi connectivity index (χ4v) is 5.38. The molecule has 0 heterocycles. The Morgan fingerprint density at radius 3 is 2.32 bits per heavy atom. The standard InChI is InChI=1S/C28H31ClFN3O4S/c1-4-16-31-28(35)21(3)32(18-22-10-8-9-13-26(22)30)27(34)19-33(23-15-14-20(2)25(29)17-23)38(36,37)24-11-6-5-7-12-24/h5-15,17,21H,4,16,18-19H2,1-3H3,(H,31,35). The van der Waals surface area contributed by atoms with Crippen LogP contribution in [0, 0.1) is 12.7 Å². The Labute approximate surface area is 228 Å². The van der Waals surface area contributed by atoms with Crippen LogP contribution in [0.2, 0.25) is 5.02 Å².